The van der Waals surface area contributed by atoms with Gasteiger partial charge >= 0.3 is 0 Å². The van der Waals surface area contributed by atoms with Crippen molar-refractivity contribution in [1.29, 1.82) is 0 Å². The number of rotatable bonds is 6. The number of imidazole rings is 1. The lowest BCUT2D eigenvalue weighted by atomic mass is 10.2. The number of hydrogen-bond donors (Lipinski definition) is 1. The van der Waals surface area contributed by atoms with Crippen LogP contribution in [-0.2, 0) is 13.0 Å². The number of halogens is 2. The Morgan fingerprint density at radius 2 is 1.75 bits per heavy atom. The maximum atomic E-state index is 13.2. The third kappa shape index (κ3) is 6.21. The molecule has 1 N–H and O–H groups in total. The first-order valence-corrected chi connectivity index (χ1v) is 10.7. The van der Waals surface area contributed by atoms with Crippen LogP contribution in [0, 0.1) is 5.82 Å². The number of guanidine groups is 1. The van der Waals surface area contributed by atoms with Gasteiger partial charge in [-0.25, -0.2) is 9.37 Å². The lowest BCUT2D eigenvalue weighted by Crippen LogP contribution is -2.52. The topological polar surface area (TPSA) is 48.7 Å². The van der Waals surface area contributed by atoms with E-state index in [1.54, 1.807) is 0 Å². The van der Waals surface area contributed by atoms with Crippen LogP contribution in [0.15, 0.2) is 72.0 Å². The van der Waals surface area contributed by atoms with Gasteiger partial charge in [0.05, 0.1) is 0 Å². The number of hydrogen-bond acceptors (Lipinski definition) is 3. The van der Waals surface area contributed by atoms with Crippen LogP contribution in [0.2, 0.25) is 0 Å². The van der Waals surface area contributed by atoms with Crippen LogP contribution < -0.4 is 10.2 Å². The van der Waals surface area contributed by atoms with Crippen LogP contribution in [0.1, 0.15) is 11.4 Å². The first-order valence-electron chi connectivity index (χ1n) is 10.7. The molecule has 0 amide bonds. The lowest BCUT2D eigenvalue weighted by Gasteiger charge is -2.37. The van der Waals surface area contributed by atoms with E-state index in [2.05, 4.69) is 53.9 Å². The minimum Gasteiger partial charge on any atom is -0.368 e. The molecule has 2 heterocycles. The summed E-state index contributed by atoms with van der Waals surface area (Å²) in [6, 6.07) is 17.2. The number of nitrogens with zero attached hydrogens (tertiary/aromatic N) is 5. The second-order valence-electron chi connectivity index (χ2n) is 7.63. The van der Waals surface area contributed by atoms with Crippen molar-refractivity contribution in [1.82, 2.24) is 19.8 Å². The largest absolute Gasteiger partial charge is 0.368 e. The molecule has 1 aliphatic rings. The smallest absolute Gasteiger partial charge is 0.193 e. The average Bonchev–Trinajstić information content (AvgIpc) is 3.25. The van der Waals surface area contributed by atoms with Crippen molar-refractivity contribution in [2.75, 3.05) is 44.7 Å². The van der Waals surface area contributed by atoms with Crippen molar-refractivity contribution in [3.05, 3.63) is 84.2 Å². The molecule has 0 spiro atoms. The first kappa shape index (κ1) is 24.0. The highest BCUT2D eigenvalue weighted by atomic mass is 127. The van der Waals surface area contributed by atoms with Crippen LogP contribution in [0.3, 0.4) is 0 Å². The molecule has 32 heavy (non-hydrogen) atoms. The van der Waals surface area contributed by atoms with Gasteiger partial charge in [-0.2, -0.15) is 0 Å². The summed E-state index contributed by atoms with van der Waals surface area (Å²) < 4.78 is 15.4. The fourth-order valence-electron chi connectivity index (χ4n) is 3.94. The number of aliphatic imine (C=N–C) groups is 1. The van der Waals surface area contributed by atoms with Gasteiger partial charge in [-0.1, -0.05) is 30.3 Å². The SMILES string of the molecule is CN=C(NCCc1nccn1Cc1ccccc1)N1CCN(c2ccc(F)cc2)CC1.I. The lowest BCUT2D eigenvalue weighted by molar-refractivity contribution is 0.372. The van der Waals surface area contributed by atoms with E-state index < -0.39 is 0 Å². The number of aromatic nitrogens is 2. The molecule has 0 atom stereocenters. The van der Waals surface area contributed by atoms with Crippen molar-refractivity contribution in [2.45, 2.75) is 13.0 Å². The summed E-state index contributed by atoms with van der Waals surface area (Å²) in [6.07, 6.45) is 4.72. The number of nitrogens with one attached hydrogen (secondary N) is 1. The Morgan fingerprint density at radius 3 is 2.44 bits per heavy atom. The first-order chi connectivity index (χ1) is 15.2. The molecule has 4 rings (SSSR count). The molecule has 3 aromatic rings. The monoisotopic (exact) mass is 548 g/mol. The third-order valence-corrected chi connectivity index (χ3v) is 5.61. The fraction of sp³-hybridized carbons (Fsp3) is 0.333. The van der Waals surface area contributed by atoms with Gasteiger partial charge in [-0.3, -0.25) is 4.99 Å². The van der Waals surface area contributed by atoms with Gasteiger partial charge in [0.25, 0.3) is 0 Å². The molecule has 2 aromatic carbocycles. The minimum absolute atomic E-state index is 0. The molecule has 0 radical (unpaired) electrons. The van der Waals surface area contributed by atoms with Crippen molar-refractivity contribution < 1.29 is 4.39 Å². The van der Waals surface area contributed by atoms with E-state index in [-0.39, 0.29) is 29.8 Å². The summed E-state index contributed by atoms with van der Waals surface area (Å²) in [5, 5.41) is 3.49. The Kier molecular flexibility index (Phi) is 8.90. The fourth-order valence-corrected chi connectivity index (χ4v) is 3.94. The van der Waals surface area contributed by atoms with E-state index >= 15 is 0 Å². The highest BCUT2D eigenvalue weighted by Crippen LogP contribution is 2.17. The minimum atomic E-state index is -0.198. The molecule has 6 nitrogen and oxygen atoms in total. The molecule has 8 heteroatoms. The molecule has 1 saturated heterocycles. The quantitative estimate of drug-likeness (QED) is 0.291. The van der Waals surface area contributed by atoms with Crippen molar-refractivity contribution in [3.63, 3.8) is 0 Å². The zero-order chi connectivity index (χ0) is 21.5. The van der Waals surface area contributed by atoms with E-state index in [1.165, 1.54) is 17.7 Å². The highest BCUT2D eigenvalue weighted by molar-refractivity contribution is 14.0. The van der Waals surface area contributed by atoms with E-state index in [9.17, 15) is 4.39 Å². The zero-order valence-electron chi connectivity index (χ0n) is 18.3. The molecule has 0 bridgehead atoms. The zero-order valence-corrected chi connectivity index (χ0v) is 20.7. The van der Waals surface area contributed by atoms with Crippen molar-refractivity contribution >= 4 is 35.6 Å². The third-order valence-electron chi connectivity index (χ3n) is 5.61. The Labute approximate surface area is 206 Å². The van der Waals surface area contributed by atoms with Gasteiger partial charge in [-0.05, 0) is 29.8 Å². The summed E-state index contributed by atoms with van der Waals surface area (Å²) in [7, 11) is 1.82. The Balaban J connectivity index is 0.00000289. The van der Waals surface area contributed by atoms with E-state index in [0.717, 1.165) is 63.2 Å². The second-order valence-corrected chi connectivity index (χ2v) is 7.63. The van der Waals surface area contributed by atoms with Gasteiger partial charge in [0.15, 0.2) is 5.96 Å². The predicted octanol–water partition coefficient (Wildman–Crippen LogP) is 3.63. The summed E-state index contributed by atoms with van der Waals surface area (Å²) in [4.78, 5) is 13.6. The molecular weight excluding hydrogens is 518 g/mol. The second kappa shape index (κ2) is 11.8. The van der Waals surface area contributed by atoms with Crippen LogP contribution in [0.5, 0.6) is 0 Å². The standard InChI is InChI=1S/C24H29FN6.HI/c1-26-24(30-17-15-29(16-18-30)22-9-7-21(25)8-10-22)28-12-11-23-27-13-14-31(23)19-20-5-3-2-4-6-20;/h2-10,13-14H,11-12,15-19H2,1H3,(H,26,28);1H. The summed E-state index contributed by atoms with van der Waals surface area (Å²) in [5.41, 5.74) is 2.33. The molecule has 170 valence electrons. The van der Waals surface area contributed by atoms with E-state index in [1.807, 2.05) is 37.6 Å². The summed E-state index contributed by atoms with van der Waals surface area (Å²) >= 11 is 0. The van der Waals surface area contributed by atoms with Crippen LogP contribution in [-0.4, -0.2) is 60.2 Å². The number of anilines is 1. The average molecular weight is 548 g/mol. The van der Waals surface area contributed by atoms with Gasteiger partial charge in [0.1, 0.15) is 11.6 Å². The maximum Gasteiger partial charge on any atom is 0.193 e. The van der Waals surface area contributed by atoms with Crippen LogP contribution in [0.25, 0.3) is 0 Å². The van der Waals surface area contributed by atoms with Crippen LogP contribution in [0.4, 0.5) is 10.1 Å². The summed E-state index contributed by atoms with van der Waals surface area (Å²) in [6.45, 7) is 5.12. The Bertz CT molecular complexity index is 981. The van der Waals surface area contributed by atoms with Crippen molar-refractivity contribution in [2.24, 2.45) is 4.99 Å². The molecule has 1 fully saturated rings. The van der Waals surface area contributed by atoms with Gasteiger partial charge in [-0.15, -0.1) is 24.0 Å². The highest BCUT2D eigenvalue weighted by Gasteiger charge is 2.19. The number of benzene rings is 2. The Morgan fingerprint density at radius 1 is 1.03 bits per heavy atom. The molecule has 0 unspecified atom stereocenters. The molecule has 1 aromatic heterocycles. The molecular formula is C24H30FIN6. The molecule has 0 aliphatic carbocycles. The van der Waals surface area contributed by atoms with Gasteiger partial charge in [0, 0.05) is 70.8 Å². The Hall–Kier alpha value is -2.62. The van der Waals surface area contributed by atoms with Crippen LogP contribution >= 0.6 is 24.0 Å². The molecule has 1 aliphatic heterocycles. The summed E-state index contributed by atoms with van der Waals surface area (Å²) in [5.74, 6) is 1.78. The predicted molar refractivity (Wildman–Crippen MR) is 138 cm³/mol. The number of piperazine rings is 1. The van der Waals surface area contributed by atoms with E-state index in [0.29, 0.717) is 0 Å². The normalized spacial score (nSPS) is 14.2. The van der Waals surface area contributed by atoms with Gasteiger partial charge < -0.3 is 19.7 Å². The molecule has 0 saturated carbocycles. The van der Waals surface area contributed by atoms with E-state index in [4.69, 9.17) is 0 Å². The van der Waals surface area contributed by atoms with Crippen molar-refractivity contribution in [3.8, 4) is 0 Å². The maximum absolute atomic E-state index is 13.2. The van der Waals surface area contributed by atoms with Gasteiger partial charge in [0.2, 0.25) is 0 Å².